The Balaban J connectivity index is 3.22. The van der Waals surface area contributed by atoms with E-state index in [1.54, 1.807) is 0 Å². The van der Waals surface area contributed by atoms with Crippen molar-refractivity contribution in [1.29, 1.82) is 0 Å². The molecule has 0 aliphatic heterocycles. The van der Waals surface area contributed by atoms with Crippen molar-refractivity contribution in [3.63, 3.8) is 0 Å². The molecular weight excluding hydrogens is 296 g/mol. The Morgan fingerprint density at radius 2 is 2.05 bits per heavy atom. The number of nitrogen functional groups attached to an aromatic ring is 1. The monoisotopic (exact) mass is 316 g/mol. The molecule has 0 bridgehead atoms. The number of sulfonamides is 1. The third-order valence-corrected chi connectivity index (χ3v) is 4.99. The normalized spacial score (nSPS) is 11.6. The predicted molar refractivity (Wildman–Crippen MR) is 80.2 cm³/mol. The first-order valence-electron chi connectivity index (χ1n) is 6.56. The first-order chi connectivity index (χ1) is 9.86. The number of nitrogens with zero attached hydrogens (tertiary/aromatic N) is 2. The molecular formula is C12H20N4O4S. The zero-order valence-electron chi connectivity index (χ0n) is 12.1. The summed E-state index contributed by atoms with van der Waals surface area (Å²) in [7, 11) is -2.52. The molecule has 1 rings (SSSR count). The van der Waals surface area contributed by atoms with Gasteiger partial charge in [0.15, 0.2) is 4.90 Å². The molecule has 0 saturated heterocycles. The third kappa shape index (κ3) is 3.90. The maximum Gasteiger partial charge on any atom is 0.313 e. The molecule has 0 aliphatic rings. The summed E-state index contributed by atoms with van der Waals surface area (Å²) >= 11 is 0. The van der Waals surface area contributed by atoms with Crippen LogP contribution in [0.3, 0.4) is 0 Å². The van der Waals surface area contributed by atoms with Crippen LogP contribution in [0.15, 0.2) is 23.1 Å². The molecule has 1 aromatic carbocycles. The van der Waals surface area contributed by atoms with E-state index >= 15 is 0 Å². The lowest BCUT2D eigenvalue weighted by atomic mass is 10.2. The number of hydrazine groups is 1. The van der Waals surface area contributed by atoms with Crippen molar-refractivity contribution in [1.82, 2.24) is 4.31 Å². The summed E-state index contributed by atoms with van der Waals surface area (Å²) in [5, 5.41) is 11.2. The lowest BCUT2D eigenvalue weighted by Crippen LogP contribution is -2.28. The van der Waals surface area contributed by atoms with Crippen LogP contribution in [-0.4, -0.2) is 31.2 Å². The van der Waals surface area contributed by atoms with Crippen LogP contribution in [-0.2, 0) is 10.0 Å². The molecule has 0 heterocycles. The molecule has 1 aromatic rings. The predicted octanol–water partition coefficient (Wildman–Crippen LogP) is 1.69. The number of nitrogens with two attached hydrogens (primary N) is 1. The minimum atomic E-state index is -3.93. The molecule has 0 atom stereocenters. The van der Waals surface area contributed by atoms with E-state index < -0.39 is 20.6 Å². The second-order valence-corrected chi connectivity index (χ2v) is 6.60. The molecule has 0 radical (unpaired) electrons. The highest BCUT2D eigenvalue weighted by Crippen LogP contribution is 2.32. The summed E-state index contributed by atoms with van der Waals surface area (Å²) in [4.78, 5) is 10.1. The van der Waals surface area contributed by atoms with Crippen molar-refractivity contribution in [2.75, 3.05) is 19.0 Å². The van der Waals surface area contributed by atoms with Gasteiger partial charge in [0.1, 0.15) is 5.69 Å². The van der Waals surface area contributed by atoms with Gasteiger partial charge in [-0.05, 0) is 18.6 Å². The van der Waals surface area contributed by atoms with Gasteiger partial charge in [-0.1, -0.05) is 25.8 Å². The van der Waals surface area contributed by atoms with E-state index in [-0.39, 0.29) is 10.6 Å². The van der Waals surface area contributed by atoms with Gasteiger partial charge in [0.05, 0.1) is 4.92 Å². The van der Waals surface area contributed by atoms with Crippen LogP contribution in [0.5, 0.6) is 0 Å². The molecule has 8 nitrogen and oxygen atoms in total. The number of unbranched alkanes of at least 4 members (excludes halogenated alkanes) is 2. The standard InChI is InChI=1S/C12H20N4O4S/c1-3-4-5-9-15(2)21(19,20)11-8-6-7-10(14-13)12(11)16(17)18/h6-8,14H,3-5,9,13H2,1-2H3. The van der Waals surface area contributed by atoms with E-state index in [9.17, 15) is 18.5 Å². The molecule has 21 heavy (non-hydrogen) atoms. The molecule has 0 aliphatic carbocycles. The molecule has 0 aromatic heterocycles. The van der Waals surface area contributed by atoms with Crippen LogP contribution >= 0.6 is 0 Å². The van der Waals surface area contributed by atoms with Gasteiger partial charge in [0, 0.05) is 13.6 Å². The van der Waals surface area contributed by atoms with Crippen molar-refractivity contribution in [3.8, 4) is 0 Å². The Labute approximate surface area is 124 Å². The van der Waals surface area contributed by atoms with E-state index in [1.807, 2.05) is 6.92 Å². The topological polar surface area (TPSA) is 119 Å². The fourth-order valence-electron chi connectivity index (χ4n) is 1.91. The highest BCUT2D eigenvalue weighted by atomic mass is 32.2. The summed E-state index contributed by atoms with van der Waals surface area (Å²) < 4.78 is 26.1. The molecule has 0 unspecified atom stereocenters. The molecule has 0 saturated carbocycles. The molecule has 0 fully saturated rings. The fraction of sp³-hybridized carbons (Fsp3) is 0.500. The molecule has 9 heteroatoms. The van der Waals surface area contributed by atoms with Gasteiger partial charge in [-0.3, -0.25) is 16.0 Å². The van der Waals surface area contributed by atoms with Gasteiger partial charge in [0.25, 0.3) is 0 Å². The number of nitro benzene ring substituents is 1. The minimum absolute atomic E-state index is 0.0389. The fourth-order valence-corrected chi connectivity index (χ4v) is 3.29. The van der Waals surface area contributed by atoms with Crippen LogP contribution in [0, 0.1) is 10.1 Å². The van der Waals surface area contributed by atoms with Crippen LogP contribution in [0.25, 0.3) is 0 Å². The van der Waals surface area contributed by atoms with Gasteiger partial charge in [0.2, 0.25) is 10.0 Å². The first kappa shape index (κ1) is 17.3. The summed E-state index contributed by atoms with van der Waals surface area (Å²) in [5.74, 6) is 5.21. The largest absolute Gasteiger partial charge is 0.318 e. The number of benzene rings is 1. The average molecular weight is 316 g/mol. The van der Waals surface area contributed by atoms with Crippen LogP contribution < -0.4 is 11.3 Å². The van der Waals surface area contributed by atoms with Gasteiger partial charge in [-0.15, -0.1) is 0 Å². The number of anilines is 1. The van der Waals surface area contributed by atoms with Crippen molar-refractivity contribution < 1.29 is 13.3 Å². The Kier molecular flexibility index (Phi) is 6.06. The van der Waals surface area contributed by atoms with E-state index in [1.165, 1.54) is 25.2 Å². The lowest BCUT2D eigenvalue weighted by molar-refractivity contribution is -0.386. The lowest BCUT2D eigenvalue weighted by Gasteiger charge is -2.17. The maximum atomic E-state index is 12.5. The first-order valence-corrected chi connectivity index (χ1v) is 8.00. The average Bonchev–Trinajstić information content (AvgIpc) is 2.46. The number of para-hydroxylation sites is 1. The van der Waals surface area contributed by atoms with Gasteiger partial charge in [-0.25, -0.2) is 12.7 Å². The Morgan fingerprint density at radius 1 is 1.38 bits per heavy atom. The zero-order valence-corrected chi connectivity index (χ0v) is 12.9. The number of nitro groups is 1. The maximum absolute atomic E-state index is 12.5. The van der Waals surface area contributed by atoms with Crippen molar-refractivity contribution in [2.45, 2.75) is 31.1 Å². The van der Waals surface area contributed by atoms with Crippen molar-refractivity contribution in [3.05, 3.63) is 28.3 Å². The molecule has 0 spiro atoms. The summed E-state index contributed by atoms with van der Waals surface area (Å²) in [5.41, 5.74) is 1.58. The van der Waals surface area contributed by atoms with E-state index in [0.717, 1.165) is 17.1 Å². The Morgan fingerprint density at radius 3 is 2.57 bits per heavy atom. The molecule has 3 N–H and O–H groups in total. The highest BCUT2D eigenvalue weighted by Gasteiger charge is 2.31. The van der Waals surface area contributed by atoms with E-state index in [2.05, 4.69) is 5.43 Å². The van der Waals surface area contributed by atoms with Gasteiger partial charge in [-0.2, -0.15) is 0 Å². The highest BCUT2D eigenvalue weighted by molar-refractivity contribution is 7.89. The van der Waals surface area contributed by atoms with Crippen LogP contribution in [0.1, 0.15) is 26.2 Å². The second-order valence-electron chi connectivity index (χ2n) is 4.59. The number of nitrogens with one attached hydrogen (secondary N) is 1. The Hall–Kier alpha value is -1.71. The molecule has 118 valence electrons. The van der Waals surface area contributed by atoms with Gasteiger partial charge < -0.3 is 5.43 Å². The molecule has 0 amide bonds. The zero-order chi connectivity index (χ0) is 16.0. The smallest absolute Gasteiger partial charge is 0.313 e. The summed E-state index contributed by atoms with van der Waals surface area (Å²) in [6.45, 7) is 2.32. The SMILES string of the molecule is CCCCCN(C)S(=O)(=O)c1cccc(NN)c1[N+](=O)[O-]. The quantitative estimate of drug-likeness (QED) is 0.326. The van der Waals surface area contributed by atoms with E-state index in [0.29, 0.717) is 13.0 Å². The number of rotatable bonds is 8. The third-order valence-electron chi connectivity index (χ3n) is 3.10. The number of hydrogen-bond acceptors (Lipinski definition) is 6. The van der Waals surface area contributed by atoms with E-state index in [4.69, 9.17) is 5.84 Å². The van der Waals surface area contributed by atoms with Gasteiger partial charge >= 0.3 is 5.69 Å². The van der Waals surface area contributed by atoms with Crippen LogP contribution in [0.4, 0.5) is 11.4 Å². The Bertz CT molecular complexity index is 603. The number of hydrogen-bond donors (Lipinski definition) is 2. The van der Waals surface area contributed by atoms with Crippen molar-refractivity contribution >= 4 is 21.4 Å². The summed E-state index contributed by atoms with van der Waals surface area (Å²) in [6, 6.07) is 3.98. The summed E-state index contributed by atoms with van der Waals surface area (Å²) in [6.07, 6.45) is 2.56. The van der Waals surface area contributed by atoms with Crippen LogP contribution in [0.2, 0.25) is 0 Å². The minimum Gasteiger partial charge on any atom is -0.318 e. The van der Waals surface area contributed by atoms with Crippen molar-refractivity contribution in [2.24, 2.45) is 5.84 Å². The second kappa shape index (κ2) is 7.34.